The van der Waals surface area contributed by atoms with E-state index in [0.717, 1.165) is 24.1 Å². The van der Waals surface area contributed by atoms with Gasteiger partial charge in [0.1, 0.15) is 0 Å². The molecule has 0 radical (unpaired) electrons. The van der Waals surface area contributed by atoms with E-state index in [-0.39, 0.29) is 0 Å². The van der Waals surface area contributed by atoms with Crippen LogP contribution in [-0.2, 0) is 12.0 Å². The molecule has 0 fully saturated rings. The molecule has 2 rings (SSSR count). The van der Waals surface area contributed by atoms with Crippen LogP contribution in [0, 0.1) is 5.92 Å². The Morgan fingerprint density at radius 1 is 1.62 bits per heavy atom. The molecule has 2 nitrogen and oxygen atoms in total. The molecular weight excluding hydrogens is 162 g/mol. The maximum Gasteiger partial charge on any atom is 0.0971 e. The summed E-state index contributed by atoms with van der Waals surface area (Å²) in [5.41, 5.74) is 1.51. The van der Waals surface area contributed by atoms with E-state index in [1.54, 1.807) is 6.20 Å². The Hall–Kier alpha value is -0.890. The fraction of sp³-hybridized carbons (Fsp3) is 0.545. The van der Waals surface area contributed by atoms with E-state index in [1.165, 1.54) is 0 Å². The smallest absolute Gasteiger partial charge is 0.0971 e. The van der Waals surface area contributed by atoms with E-state index < -0.39 is 5.60 Å². The predicted molar refractivity (Wildman–Crippen MR) is 51.3 cm³/mol. The Morgan fingerprint density at radius 3 is 3.00 bits per heavy atom. The third-order valence-electron chi connectivity index (χ3n) is 2.60. The lowest BCUT2D eigenvalue weighted by Crippen LogP contribution is -2.40. The van der Waals surface area contributed by atoms with Crippen molar-refractivity contribution in [2.45, 2.75) is 32.3 Å². The number of aromatic nitrogens is 1. The van der Waals surface area contributed by atoms with Crippen molar-refractivity contribution in [3.63, 3.8) is 0 Å². The van der Waals surface area contributed by atoms with Crippen LogP contribution in [0.4, 0.5) is 0 Å². The summed E-state index contributed by atoms with van der Waals surface area (Å²) >= 11 is 0. The highest BCUT2D eigenvalue weighted by Crippen LogP contribution is 2.41. The zero-order valence-electron chi connectivity index (χ0n) is 8.12. The molecule has 1 aromatic rings. The average Bonchev–Trinajstić information content (AvgIpc) is 2.02. The van der Waals surface area contributed by atoms with Crippen LogP contribution < -0.4 is 0 Å². The second-order valence-electron chi connectivity index (χ2n) is 4.30. The maximum absolute atomic E-state index is 10.2. The van der Waals surface area contributed by atoms with Crippen molar-refractivity contribution in [1.29, 1.82) is 0 Å². The van der Waals surface area contributed by atoms with Crippen LogP contribution in [0.25, 0.3) is 0 Å². The molecule has 2 heteroatoms. The summed E-state index contributed by atoms with van der Waals surface area (Å²) in [6, 6.07) is 3.87. The molecule has 1 aliphatic rings. The van der Waals surface area contributed by atoms with Crippen molar-refractivity contribution < 1.29 is 5.11 Å². The number of hydrogen-bond acceptors (Lipinski definition) is 2. The first-order valence-corrected chi connectivity index (χ1v) is 4.78. The topological polar surface area (TPSA) is 33.1 Å². The van der Waals surface area contributed by atoms with Gasteiger partial charge >= 0.3 is 0 Å². The molecule has 70 valence electrons. The van der Waals surface area contributed by atoms with Crippen LogP contribution in [0.2, 0.25) is 0 Å². The summed E-state index contributed by atoms with van der Waals surface area (Å²) in [5.74, 6) is 0.526. The van der Waals surface area contributed by atoms with Gasteiger partial charge in [-0.3, -0.25) is 4.98 Å². The third kappa shape index (κ3) is 1.35. The number of rotatable bonds is 2. The van der Waals surface area contributed by atoms with E-state index >= 15 is 0 Å². The number of pyridine rings is 1. The Kier molecular flexibility index (Phi) is 1.88. The van der Waals surface area contributed by atoms with Crippen LogP contribution >= 0.6 is 0 Å². The highest BCUT2D eigenvalue weighted by molar-refractivity contribution is 5.37. The zero-order valence-corrected chi connectivity index (χ0v) is 8.12. The normalized spacial score (nSPS) is 25.5. The molecule has 0 spiro atoms. The van der Waals surface area contributed by atoms with Gasteiger partial charge in [0.25, 0.3) is 0 Å². The zero-order chi connectivity index (χ0) is 9.47. The van der Waals surface area contributed by atoms with Gasteiger partial charge in [-0.15, -0.1) is 0 Å². The Bertz CT molecular complexity index is 322. The number of nitrogens with zero attached hydrogens (tertiary/aromatic N) is 1. The molecule has 0 aromatic carbocycles. The minimum absolute atomic E-state index is 0.526. The Morgan fingerprint density at radius 2 is 2.38 bits per heavy atom. The van der Waals surface area contributed by atoms with Crippen molar-refractivity contribution in [3.8, 4) is 0 Å². The summed E-state index contributed by atoms with van der Waals surface area (Å²) in [7, 11) is 0. The molecule has 0 saturated carbocycles. The van der Waals surface area contributed by atoms with E-state index in [2.05, 4.69) is 18.8 Å². The first-order valence-electron chi connectivity index (χ1n) is 4.78. The monoisotopic (exact) mass is 177 g/mol. The van der Waals surface area contributed by atoms with Gasteiger partial charge in [0.15, 0.2) is 0 Å². The van der Waals surface area contributed by atoms with Crippen molar-refractivity contribution >= 4 is 0 Å². The van der Waals surface area contributed by atoms with E-state index in [9.17, 15) is 5.11 Å². The summed E-state index contributed by atoms with van der Waals surface area (Å²) in [6.07, 6.45) is 3.35. The molecule has 0 aliphatic heterocycles. The molecule has 1 atom stereocenters. The molecule has 1 heterocycles. The van der Waals surface area contributed by atoms with Gasteiger partial charge in [0, 0.05) is 23.9 Å². The summed E-state index contributed by atoms with van der Waals surface area (Å²) in [4.78, 5) is 4.21. The van der Waals surface area contributed by atoms with Crippen LogP contribution in [0.3, 0.4) is 0 Å². The van der Waals surface area contributed by atoms with Crippen LogP contribution in [-0.4, -0.2) is 10.1 Å². The summed E-state index contributed by atoms with van der Waals surface area (Å²) < 4.78 is 0. The lowest BCUT2D eigenvalue weighted by molar-refractivity contribution is -0.00977. The highest BCUT2D eigenvalue weighted by Gasteiger charge is 2.41. The fourth-order valence-corrected chi connectivity index (χ4v) is 2.13. The molecule has 0 bridgehead atoms. The van der Waals surface area contributed by atoms with Crippen LogP contribution in [0.5, 0.6) is 0 Å². The standard InChI is InChI=1S/C11H15NO/c1-8(2)6-11(13)7-10-9(11)4-3-5-12-10/h3-5,8,13H,6-7H2,1-2H3. The molecule has 13 heavy (non-hydrogen) atoms. The molecule has 1 unspecified atom stereocenters. The molecular formula is C11H15NO. The fourth-order valence-electron chi connectivity index (χ4n) is 2.13. The maximum atomic E-state index is 10.2. The molecule has 1 aromatic heterocycles. The van der Waals surface area contributed by atoms with Gasteiger partial charge in [-0.05, 0) is 18.4 Å². The number of fused-ring (bicyclic) bond motifs is 1. The first-order chi connectivity index (χ1) is 6.12. The second kappa shape index (κ2) is 2.81. The van der Waals surface area contributed by atoms with Crippen LogP contribution in [0.15, 0.2) is 18.3 Å². The summed E-state index contributed by atoms with van der Waals surface area (Å²) in [5, 5.41) is 10.2. The van der Waals surface area contributed by atoms with Crippen molar-refractivity contribution in [2.24, 2.45) is 5.92 Å². The summed E-state index contributed by atoms with van der Waals surface area (Å²) in [6.45, 7) is 4.26. The first kappa shape index (κ1) is 8.70. The minimum Gasteiger partial charge on any atom is -0.385 e. The van der Waals surface area contributed by atoms with Crippen LogP contribution in [0.1, 0.15) is 31.5 Å². The van der Waals surface area contributed by atoms with Gasteiger partial charge in [-0.1, -0.05) is 19.9 Å². The third-order valence-corrected chi connectivity index (χ3v) is 2.60. The molecule has 1 N–H and O–H groups in total. The van der Waals surface area contributed by atoms with Gasteiger partial charge in [0.2, 0.25) is 0 Å². The van der Waals surface area contributed by atoms with Gasteiger partial charge in [0.05, 0.1) is 5.60 Å². The highest BCUT2D eigenvalue weighted by atomic mass is 16.3. The average molecular weight is 177 g/mol. The number of aliphatic hydroxyl groups is 1. The van der Waals surface area contributed by atoms with E-state index in [0.29, 0.717) is 5.92 Å². The van der Waals surface area contributed by atoms with Crippen molar-refractivity contribution in [3.05, 3.63) is 29.6 Å². The lowest BCUT2D eigenvalue weighted by atomic mass is 9.72. The lowest BCUT2D eigenvalue weighted by Gasteiger charge is -2.39. The van der Waals surface area contributed by atoms with E-state index in [1.807, 2.05) is 12.1 Å². The van der Waals surface area contributed by atoms with Gasteiger partial charge < -0.3 is 5.11 Å². The molecule has 0 saturated heterocycles. The molecule has 1 aliphatic carbocycles. The van der Waals surface area contributed by atoms with Gasteiger partial charge in [-0.2, -0.15) is 0 Å². The second-order valence-corrected chi connectivity index (χ2v) is 4.30. The van der Waals surface area contributed by atoms with Gasteiger partial charge in [-0.25, -0.2) is 0 Å². The number of hydrogen-bond donors (Lipinski definition) is 1. The van der Waals surface area contributed by atoms with E-state index in [4.69, 9.17) is 0 Å². The Labute approximate surface area is 78.6 Å². The van der Waals surface area contributed by atoms with Crippen molar-refractivity contribution in [2.75, 3.05) is 0 Å². The quantitative estimate of drug-likeness (QED) is 0.748. The van der Waals surface area contributed by atoms with Crippen molar-refractivity contribution in [1.82, 2.24) is 4.98 Å². The minimum atomic E-state index is -0.586. The largest absolute Gasteiger partial charge is 0.385 e. The SMILES string of the molecule is CC(C)CC1(O)Cc2ncccc21. The predicted octanol–water partition coefficient (Wildman–Crippen LogP) is 1.87. The molecule has 0 amide bonds. The Balaban J connectivity index is 2.24.